The van der Waals surface area contributed by atoms with Crippen LogP contribution >= 0.6 is 27.7 Å². The zero-order valence-corrected chi connectivity index (χ0v) is 17.6. The van der Waals surface area contributed by atoms with Gasteiger partial charge in [-0.3, -0.25) is 4.79 Å². The van der Waals surface area contributed by atoms with Crippen LogP contribution in [0.15, 0.2) is 62.6 Å². The van der Waals surface area contributed by atoms with Crippen molar-refractivity contribution in [2.75, 3.05) is 12.4 Å². The standard InChI is InChI=1S/C19H18BrN3O4S/c1-3-16(17(24)21-13-6-4-12(20)5-7-13)28-18-19(25)27-22-23(18)14-8-10-15(26-2)11-9-14/h4-11,16H,3H2,1-2H3,(H-,21,22,24,25). The van der Waals surface area contributed by atoms with Gasteiger partial charge < -0.3 is 19.7 Å². The number of ether oxygens (including phenoxy) is 1. The molecule has 0 fully saturated rings. The van der Waals surface area contributed by atoms with E-state index in [1.54, 1.807) is 43.5 Å². The Morgan fingerprint density at radius 3 is 2.57 bits per heavy atom. The fourth-order valence-corrected chi connectivity index (χ4v) is 3.68. The molecule has 1 atom stereocenters. The minimum Gasteiger partial charge on any atom is -0.538 e. The molecule has 0 saturated carbocycles. The molecule has 1 N–H and O–H groups in total. The van der Waals surface area contributed by atoms with E-state index in [1.807, 2.05) is 19.1 Å². The second-order valence-electron chi connectivity index (χ2n) is 5.79. The largest absolute Gasteiger partial charge is 0.538 e. The number of methoxy groups -OCH3 is 1. The molecule has 1 heterocycles. The maximum Gasteiger partial charge on any atom is 0.298 e. The number of amides is 1. The van der Waals surface area contributed by atoms with Crippen molar-refractivity contribution in [3.05, 3.63) is 53.0 Å². The molecule has 28 heavy (non-hydrogen) atoms. The van der Waals surface area contributed by atoms with Crippen molar-refractivity contribution in [2.24, 2.45) is 0 Å². The SMILES string of the molecule is CCC(Sc1c([O-])on[n+]1-c1ccc(OC)cc1)C(=O)Nc1ccc(Br)cc1. The molecule has 1 aromatic heterocycles. The fraction of sp³-hybridized carbons (Fsp3) is 0.211. The lowest BCUT2D eigenvalue weighted by atomic mass is 10.3. The molecule has 0 aliphatic carbocycles. The molecule has 2 aromatic carbocycles. The number of aromatic nitrogens is 2. The lowest BCUT2D eigenvalue weighted by Gasteiger charge is -2.13. The van der Waals surface area contributed by atoms with Crippen molar-refractivity contribution >= 4 is 39.3 Å². The van der Waals surface area contributed by atoms with Crippen LogP contribution in [0.2, 0.25) is 0 Å². The summed E-state index contributed by atoms with van der Waals surface area (Å²) in [5, 5.41) is 18.6. The van der Waals surface area contributed by atoms with E-state index in [1.165, 1.54) is 4.68 Å². The van der Waals surface area contributed by atoms with Crippen LogP contribution in [0, 0.1) is 0 Å². The number of hydrogen-bond donors (Lipinski definition) is 1. The summed E-state index contributed by atoms with van der Waals surface area (Å²) in [6.45, 7) is 1.88. The first-order chi connectivity index (χ1) is 13.5. The third kappa shape index (κ3) is 4.66. The molecule has 0 aliphatic heterocycles. The van der Waals surface area contributed by atoms with E-state index in [0.717, 1.165) is 16.2 Å². The molecule has 0 spiro atoms. The zero-order chi connectivity index (χ0) is 20.1. The molecule has 3 aromatic rings. The summed E-state index contributed by atoms with van der Waals surface area (Å²) >= 11 is 4.49. The van der Waals surface area contributed by atoms with Gasteiger partial charge in [0.15, 0.2) is 5.95 Å². The number of hydrogen-bond acceptors (Lipinski definition) is 6. The monoisotopic (exact) mass is 463 g/mol. The summed E-state index contributed by atoms with van der Waals surface area (Å²) in [6, 6.07) is 14.3. The van der Waals surface area contributed by atoms with Gasteiger partial charge in [-0.05, 0) is 59.3 Å². The summed E-state index contributed by atoms with van der Waals surface area (Å²) in [6.07, 6.45) is 0.528. The molecule has 0 radical (unpaired) electrons. The van der Waals surface area contributed by atoms with Crippen LogP contribution in [-0.2, 0) is 4.79 Å². The highest BCUT2D eigenvalue weighted by molar-refractivity contribution is 9.10. The summed E-state index contributed by atoms with van der Waals surface area (Å²) in [7, 11) is 1.57. The summed E-state index contributed by atoms with van der Waals surface area (Å²) in [4.78, 5) is 12.7. The Morgan fingerprint density at radius 2 is 1.96 bits per heavy atom. The minimum atomic E-state index is -0.587. The van der Waals surface area contributed by atoms with E-state index in [-0.39, 0.29) is 10.9 Å². The minimum absolute atomic E-state index is 0.197. The Kier molecular flexibility index (Phi) is 6.58. The number of halogens is 1. The van der Waals surface area contributed by atoms with Crippen molar-refractivity contribution in [1.29, 1.82) is 0 Å². The van der Waals surface area contributed by atoms with Gasteiger partial charge in [0.25, 0.3) is 5.03 Å². The van der Waals surface area contributed by atoms with Crippen LogP contribution in [0.5, 0.6) is 11.7 Å². The smallest absolute Gasteiger partial charge is 0.298 e. The fourth-order valence-electron chi connectivity index (χ4n) is 2.44. The van der Waals surface area contributed by atoms with Gasteiger partial charge in [0, 0.05) is 22.3 Å². The number of nitrogens with zero attached hydrogens (tertiary/aromatic N) is 2. The second-order valence-corrected chi connectivity index (χ2v) is 7.89. The van der Waals surface area contributed by atoms with Crippen LogP contribution in [0.4, 0.5) is 5.69 Å². The van der Waals surface area contributed by atoms with E-state index in [9.17, 15) is 9.90 Å². The maximum atomic E-state index is 12.7. The number of benzene rings is 2. The Morgan fingerprint density at radius 1 is 1.29 bits per heavy atom. The second kappa shape index (κ2) is 9.11. The third-order valence-electron chi connectivity index (χ3n) is 3.92. The van der Waals surface area contributed by atoms with Gasteiger partial charge in [-0.1, -0.05) is 22.9 Å². The van der Waals surface area contributed by atoms with Gasteiger partial charge in [-0.15, -0.1) is 0 Å². The Labute approximate surface area is 174 Å². The maximum absolute atomic E-state index is 12.7. The lowest BCUT2D eigenvalue weighted by Crippen LogP contribution is -2.36. The molecule has 3 rings (SSSR count). The van der Waals surface area contributed by atoms with Crippen molar-refractivity contribution in [3.63, 3.8) is 0 Å². The van der Waals surface area contributed by atoms with E-state index in [4.69, 9.17) is 9.26 Å². The van der Waals surface area contributed by atoms with Crippen molar-refractivity contribution in [3.8, 4) is 17.4 Å². The van der Waals surface area contributed by atoms with Crippen molar-refractivity contribution in [1.82, 2.24) is 5.27 Å². The molecular formula is C19H18BrN3O4S. The van der Waals surface area contributed by atoms with Gasteiger partial charge in [-0.25, -0.2) is 0 Å². The number of carbonyl (C=O) groups excluding carboxylic acids is 1. The summed E-state index contributed by atoms with van der Waals surface area (Å²) in [5.74, 6) is -0.0999. The highest BCUT2D eigenvalue weighted by Crippen LogP contribution is 2.30. The van der Waals surface area contributed by atoms with Gasteiger partial charge in [0.1, 0.15) is 5.75 Å². The Hall–Kier alpha value is -2.52. The first-order valence-corrected chi connectivity index (χ1v) is 10.2. The predicted octanol–water partition coefficient (Wildman–Crippen LogP) is 3.31. The highest BCUT2D eigenvalue weighted by atomic mass is 79.9. The summed E-state index contributed by atoms with van der Waals surface area (Å²) in [5.41, 5.74) is 1.32. The van der Waals surface area contributed by atoms with Crippen LogP contribution in [-0.4, -0.2) is 23.5 Å². The number of rotatable bonds is 7. The summed E-state index contributed by atoms with van der Waals surface area (Å²) < 4.78 is 12.3. The van der Waals surface area contributed by atoms with Crippen molar-refractivity contribution in [2.45, 2.75) is 23.6 Å². The number of nitrogens with one attached hydrogen (secondary N) is 1. The number of carbonyl (C=O) groups is 1. The van der Waals surface area contributed by atoms with Gasteiger partial charge in [0.2, 0.25) is 11.6 Å². The Balaban J connectivity index is 1.79. The van der Waals surface area contributed by atoms with E-state index >= 15 is 0 Å². The lowest BCUT2D eigenvalue weighted by molar-refractivity contribution is -0.705. The number of thioether (sulfide) groups is 1. The third-order valence-corrected chi connectivity index (χ3v) is 5.84. The number of anilines is 1. The highest BCUT2D eigenvalue weighted by Gasteiger charge is 2.28. The molecule has 1 unspecified atom stereocenters. The normalized spacial score (nSPS) is 11.8. The molecule has 7 nitrogen and oxygen atoms in total. The van der Waals surface area contributed by atoms with E-state index in [0.29, 0.717) is 23.5 Å². The van der Waals surface area contributed by atoms with Gasteiger partial charge >= 0.3 is 0 Å². The van der Waals surface area contributed by atoms with Crippen LogP contribution in [0.25, 0.3) is 5.69 Å². The van der Waals surface area contributed by atoms with Crippen molar-refractivity contribution < 1.29 is 23.8 Å². The molecule has 0 bridgehead atoms. The first kappa shape index (κ1) is 20.2. The average Bonchev–Trinajstić information content (AvgIpc) is 3.08. The van der Waals surface area contributed by atoms with Gasteiger partial charge in [0.05, 0.1) is 17.6 Å². The molecule has 9 heteroatoms. The molecule has 0 aliphatic rings. The van der Waals surface area contributed by atoms with Gasteiger partial charge in [-0.2, -0.15) is 0 Å². The Bertz CT molecular complexity index is 945. The molecule has 1 amide bonds. The van der Waals surface area contributed by atoms with E-state index in [2.05, 4.69) is 26.5 Å². The van der Waals surface area contributed by atoms with Crippen LogP contribution < -0.4 is 19.8 Å². The topological polar surface area (TPSA) is 91.3 Å². The predicted molar refractivity (Wildman–Crippen MR) is 107 cm³/mol. The quantitative estimate of drug-likeness (QED) is 0.426. The zero-order valence-electron chi connectivity index (χ0n) is 15.2. The average molecular weight is 464 g/mol. The van der Waals surface area contributed by atoms with Crippen LogP contribution in [0.1, 0.15) is 13.3 Å². The first-order valence-electron chi connectivity index (χ1n) is 8.48. The molecule has 146 valence electrons. The molecule has 0 saturated heterocycles. The van der Waals surface area contributed by atoms with Crippen LogP contribution in [0.3, 0.4) is 0 Å². The van der Waals surface area contributed by atoms with E-state index < -0.39 is 11.2 Å². The molecular weight excluding hydrogens is 446 g/mol.